The van der Waals surface area contributed by atoms with Crippen molar-refractivity contribution < 1.29 is 18.0 Å². The van der Waals surface area contributed by atoms with Crippen molar-refractivity contribution in [2.24, 2.45) is 0 Å². The summed E-state index contributed by atoms with van der Waals surface area (Å²) in [4.78, 5) is 11.6. The van der Waals surface area contributed by atoms with Crippen molar-refractivity contribution in [1.82, 2.24) is 10.2 Å². The molecule has 0 unspecified atom stereocenters. The predicted octanol–water partition coefficient (Wildman–Crippen LogP) is 2.31. The zero-order valence-electron chi connectivity index (χ0n) is 10.2. The fourth-order valence-electron chi connectivity index (χ4n) is 1.49. The molecule has 0 fully saturated rings. The second kappa shape index (κ2) is 5.08. The number of nitrogens with zero attached hydrogens (tertiary/aromatic N) is 3. The Labute approximate surface area is 115 Å². The molecular weight excluding hydrogens is 293 g/mol. The number of halogens is 3. The van der Waals surface area contributed by atoms with E-state index < -0.39 is 12.1 Å². The molecule has 0 bridgehead atoms. The van der Waals surface area contributed by atoms with Crippen LogP contribution in [0.1, 0.15) is 0 Å². The number of carbonyl (C=O) groups excluding carboxylic acids is 1. The van der Waals surface area contributed by atoms with E-state index in [-0.39, 0.29) is 5.69 Å². The van der Waals surface area contributed by atoms with Gasteiger partial charge in [-0.3, -0.25) is 4.79 Å². The molecule has 9 heteroatoms. The topological polar surface area (TPSA) is 72.1 Å². The third-order valence-electron chi connectivity index (χ3n) is 2.49. The molecular formula is C11H9F3N4OS. The summed E-state index contributed by atoms with van der Waals surface area (Å²) in [7, 11) is 1.06. The Morgan fingerprint density at radius 2 is 1.85 bits per heavy atom. The van der Waals surface area contributed by atoms with E-state index in [0.29, 0.717) is 20.6 Å². The van der Waals surface area contributed by atoms with E-state index in [4.69, 9.17) is 5.73 Å². The Morgan fingerprint density at radius 3 is 2.30 bits per heavy atom. The zero-order valence-corrected chi connectivity index (χ0v) is 11.0. The van der Waals surface area contributed by atoms with Crippen molar-refractivity contribution >= 4 is 28.1 Å². The molecule has 5 nitrogen and oxygen atoms in total. The van der Waals surface area contributed by atoms with E-state index in [1.54, 1.807) is 12.1 Å². The van der Waals surface area contributed by atoms with Crippen LogP contribution in [0.3, 0.4) is 0 Å². The van der Waals surface area contributed by atoms with Gasteiger partial charge in [0.2, 0.25) is 5.13 Å². The molecule has 0 aliphatic rings. The second-order valence-corrected chi connectivity index (χ2v) is 4.86. The third kappa shape index (κ3) is 2.87. The quantitative estimate of drug-likeness (QED) is 0.924. The van der Waals surface area contributed by atoms with Gasteiger partial charge in [0, 0.05) is 18.3 Å². The highest BCUT2D eigenvalue weighted by Gasteiger charge is 2.41. The summed E-state index contributed by atoms with van der Waals surface area (Å²) >= 11 is 1.16. The fourth-order valence-corrected chi connectivity index (χ4v) is 2.10. The first-order valence-electron chi connectivity index (χ1n) is 5.33. The van der Waals surface area contributed by atoms with Crippen LogP contribution in [-0.2, 0) is 4.79 Å². The van der Waals surface area contributed by atoms with Crippen LogP contribution in [0.5, 0.6) is 0 Å². The number of amides is 1. The number of rotatable bonds is 2. The summed E-state index contributed by atoms with van der Waals surface area (Å²) in [6, 6.07) is 5.90. The van der Waals surface area contributed by atoms with Gasteiger partial charge in [-0.25, -0.2) is 0 Å². The van der Waals surface area contributed by atoms with Crippen molar-refractivity contribution in [3.05, 3.63) is 24.3 Å². The third-order valence-corrected chi connectivity index (χ3v) is 3.29. The van der Waals surface area contributed by atoms with E-state index >= 15 is 0 Å². The van der Waals surface area contributed by atoms with Crippen LogP contribution >= 0.6 is 11.3 Å². The van der Waals surface area contributed by atoms with E-state index in [9.17, 15) is 18.0 Å². The van der Waals surface area contributed by atoms with Crippen LogP contribution in [-0.4, -0.2) is 29.3 Å². The first-order valence-corrected chi connectivity index (χ1v) is 6.15. The number of hydrogen-bond acceptors (Lipinski definition) is 5. The number of aromatic nitrogens is 2. The molecule has 20 heavy (non-hydrogen) atoms. The molecule has 1 aromatic carbocycles. The number of nitrogen functional groups attached to an aromatic ring is 1. The highest BCUT2D eigenvalue weighted by Crippen LogP contribution is 2.28. The SMILES string of the molecule is CN(C(=O)C(F)(F)F)c1ccc(-c2nnc(N)s2)cc1. The number of alkyl halides is 3. The predicted molar refractivity (Wildman–Crippen MR) is 69.2 cm³/mol. The van der Waals surface area contributed by atoms with Gasteiger partial charge in [-0.15, -0.1) is 10.2 Å². The van der Waals surface area contributed by atoms with Gasteiger partial charge in [0.15, 0.2) is 0 Å². The average Bonchev–Trinajstić information content (AvgIpc) is 2.83. The maximum Gasteiger partial charge on any atom is 0.471 e. The number of anilines is 2. The minimum Gasteiger partial charge on any atom is -0.374 e. The Balaban J connectivity index is 2.22. The lowest BCUT2D eigenvalue weighted by molar-refractivity contribution is -0.170. The van der Waals surface area contributed by atoms with Gasteiger partial charge in [-0.1, -0.05) is 11.3 Å². The molecule has 0 aliphatic carbocycles. The monoisotopic (exact) mass is 302 g/mol. The molecule has 0 saturated carbocycles. The minimum atomic E-state index is -4.90. The Bertz CT molecular complexity index is 623. The highest BCUT2D eigenvalue weighted by atomic mass is 32.1. The maximum atomic E-state index is 12.3. The number of hydrogen-bond donors (Lipinski definition) is 1. The number of benzene rings is 1. The smallest absolute Gasteiger partial charge is 0.374 e. The molecule has 0 saturated heterocycles. The van der Waals surface area contributed by atoms with Crippen molar-refractivity contribution in [1.29, 1.82) is 0 Å². The van der Waals surface area contributed by atoms with E-state index in [1.165, 1.54) is 12.1 Å². The lowest BCUT2D eigenvalue weighted by Crippen LogP contribution is -2.38. The zero-order chi connectivity index (χ0) is 14.9. The molecule has 2 aromatic rings. The van der Waals surface area contributed by atoms with Gasteiger partial charge in [0.1, 0.15) is 5.01 Å². The lowest BCUT2D eigenvalue weighted by Gasteiger charge is -2.18. The highest BCUT2D eigenvalue weighted by molar-refractivity contribution is 7.18. The maximum absolute atomic E-state index is 12.3. The summed E-state index contributed by atoms with van der Waals surface area (Å²) in [5.41, 5.74) is 6.24. The lowest BCUT2D eigenvalue weighted by atomic mass is 10.2. The van der Waals surface area contributed by atoms with Crippen molar-refractivity contribution in [3.63, 3.8) is 0 Å². The van der Waals surface area contributed by atoms with E-state index in [1.807, 2.05) is 0 Å². The molecule has 106 valence electrons. The average molecular weight is 302 g/mol. The van der Waals surface area contributed by atoms with E-state index in [0.717, 1.165) is 18.4 Å². The first kappa shape index (κ1) is 14.3. The van der Waals surface area contributed by atoms with Crippen molar-refractivity contribution in [2.75, 3.05) is 17.7 Å². The Hall–Kier alpha value is -2.16. The molecule has 1 heterocycles. The van der Waals surface area contributed by atoms with Gasteiger partial charge in [0.05, 0.1) is 0 Å². The Kier molecular flexibility index (Phi) is 3.62. The summed E-state index contributed by atoms with van der Waals surface area (Å²) in [5.74, 6) is -1.93. The minimum absolute atomic E-state index is 0.133. The standard InChI is InChI=1S/C11H9F3N4OS/c1-18(9(19)11(12,13)14)7-4-2-6(3-5-7)8-16-17-10(15)20-8/h2-5H,1H3,(H2,15,17). The molecule has 2 N–H and O–H groups in total. The molecule has 2 rings (SSSR count). The van der Waals surface area contributed by atoms with Crippen LogP contribution in [0.15, 0.2) is 24.3 Å². The Morgan fingerprint density at radius 1 is 1.25 bits per heavy atom. The number of nitrogens with two attached hydrogens (primary N) is 1. The van der Waals surface area contributed by atoms with Crippen LogP contribution in [0.25, 0.3) is 10.6 Å². The van der Waals surface area contributed by atoms with Crippen molar-refractivity contribution in [3.8, 4) is 10.6 Å². The first-order chi connectivity index (χ1) is 9.29. The van der Waals surface area contributed by atoms with Gasteiger partial charge in [-0.05, 0) is 24.3 Å². The van der Waals surface area contributed by atoms with E-state index in [2.05, 4.69) is 10.2 Å². The molecule has 0 spiro atoms. The fraction of sp³-hybridized carbons (Fsp3) is 0.182. The van der Waals surface area contributed by atoms with Crippen molar-refractivity contribution in [2.45, 2.75) is 6.18 Å². The van der Waals surface area contributed by atoms with Gasteiger partial charge in [-0.2, -0.15) is 13.2 Å². The molecule has 1 amide bonds. The second-order valence-electron chi connectivity index (χ2n) is 3.85. The van der Waals surface area contributed by atoms with Crippen LogP contribution < -0.4 is 10.6 Å². The summed E-state index contributed by atoms with van der Waals surface area (Å²) in [5, 5.41) is 8.32. The summed E-state index contributed by atoms with van der Waals surface area (Å²) < 4.78 is 36.9. The van der Waals surface area contributed by atoms with Gasteiger partial charge in [0.25, 0.3) is 0 Å². The number of carbonyl (C=O) groups is 1. The summed E-state index contributed by atoms with van der Waals surface area (Å²) in [6.45, 7) is 0. The molecule has 1 aromatic heterocycles. The molecule has 0 atom stereocenters. The van der Waals surface area contributed by atoms with Gasteiger partial charge >= 0.3 is 12.1 Å². The summed E-state index contributed by atoms with van der Waals surface area (Å²) in [6.07, 6.45) is -4.90. The normalized spacial score (nSPS) is 11.4. The largest absolute Gasteiger partial charge is 0.471 e. The van der Waals surface area contributed by atoms with Gasteiger partial charge < -0.3 is 10.6 Å². The van der Waals surface area contributed by atoms with Crippen LogP contribution in [0, 0.1) is 0 Å². The van der Waals surface area contributed by atoms with Crippen LogP contribution in [0.2, 0.25) is 0 Å². The molecule has 0 aliphatic heterocycles. The van der Waals surface area contributed by atoms with Crippen LogP contribution in [0.4, 0.5) is 24.0 Å². The molecule has 0 radical (unpaired) electrons.